The molecule has 1 aliphatic carbocycles. The Hall–Kier alpha value is -1.94. The van der Waals surface area contributed by atoms with Crippen LogP contribution in [-0.2, 0) is 22.9 Å². The Bertz CT molecular complexity index is 1040. The van der Waals surface area contributed by atoms with E-state index in [0.717, 1.165) is 30.0 Å². The van der Waals surface area contributed by atoms with E-state index in [0.29, 0.717) is 4.88 Å². The molecule has 0 atom stereocenters. The molecule has 2 aromatic rings. The van der Waals surface area contributed by atoms with Gasteiger partial charge in [0.15, 0.2) is 0 Å². The lowest BCUT2D eigenvalue weighted by atomic mass is 10.00. The van der Waals surface area contributed by atoms with Gasteiger partial charge in [-0.15, -0.1) is 11.3 Å². The van der Waals surface area contributed by atoms with E-state index in [4.69, 9.17) is 11.6 Å². The lowest BCUT2D eigenvalue weighted by molar-refractivity contribution is 0.0849. The third-order valence-electron chi connectivity index (χ3n) is 4.97. The van der Waals surface area contributed by atoms with E-state index >= 15 is 0 Å². The minimum absolute atomic E-state index is 0.0432. The van der Waals surface area contributed by atoms with Gasteiger partial charge in [-0.3, -0.25) is 20.4 Å². The summed E-state index contributed by atoms with van der Waals surface area (Å²) >= 11 is 7.52. The smallest absolute Gasteiger partial charge is 0.267 e. The molecule has 30 heavy (non-hydrogen) atoms. The molecule has 2 N–H and O–H groups in total. The molecule has 1 aromatic carbocycles. The molecule has 7 nitrogen and oxygen atoms in total. The van der Waals surface area contributed by atoms with E-state index in [1.54, 1.807) is 0 Å². The van der Waals surface area contributed by atoms with Gasteiger partial charge in [0, 0.05) is 19.0 Å². The van der Waals surface area contributed by atoms with E-state index in [2.05, 4.69) is 10.9 Å². The second-order valence-electron chi connectivity index (χ2n) is 7.31. The van der Waals surface area contributed by atoms with E-state index in [1.165, 1.54) is 66.9 Å². The highest BCUT2D eigenvalue weighted by molar-refractivity contribution is 7.89. The summed E-state index contributed by atoms with van der Waals surface area (Å²) in [6.07, 6.45) is 6.59. The first kappa shape index (κ1) is 22.7. The molecule has 1 aromatic heterocycles. The van der Waals surface area contributed by atoms with Gasteiger partial charge in [0.25, 0.3) is 11.8 Å². The zero-order valence-electron chi connectivity index (χ0n) is 16.8. The number of nitrogens with one attached hydrogen (secondary N) is 2. The van der Waals surface area contributed by atoms with Crippen molar-refractivity contribution in [2.45, 2.75) is 43.4 Å². The molecule has 0 unspecified atom stereocenters. The SMILES string of the molecule is CN(C)S(=O)(=O)c1ccc(Cl)c(C(=O)NNC(=O)c2cc3c(s2)CCCCCC3)c1. The summed E-state index contributed by atoms with van der Waals surface area (Å²) in [5.74, 6) is -1.10. The van der Waals surface area contributed by atoms with Crippen molar-refractivity contribution in [3.05, 3.63) is 50.2 Å². The van der Waals surface area contributed by atoms with Gasteiger partial charge in [0.05, 0.1) is 20.4 Å². The molecule has 0 saturated carbocycles. The van der Waals surface area contributed by atoms with Crippen LogP contribution >= 0.6 is 22.9 Å². The highest BCUT2D eigenvalue weighted by atomic mass is 35.5. The maximum atomic E-state index is 12.5. The third-order valence-corrected chi connectivity index (χ3v) is 8.35. The van der Waals surface area contributed by atoms with Gasteiger partial charge in [0.2, 0.25) is 10.0 Å². The normalized spacial score (nSPS) is 14.5. The maximum absolute atomic E-state index is 12.5. The Morgan fingerprint density at radius 2 is 1.67 bits per heavy atom. The molecule has 3 rings (SSSR count). The van der Waals surface area contributed by atoms with Crippen LogP contribution in [0.25, 0.3) is 0 Å². The molecule has 0 radical (unpaired) electrons. The lowest BCUT2D eigenvalue weighted by Crippen LogP contribution is -2.41. The molecule has 0 aliphatic heterocycles. The number of hydrogen-bond acceptors (Lipinski definition) is 5. The van der Waals surface area contributed by atoms with Gasteiger partial charge in [-0.25, -0.2) is 12.7 Å². The number of aryl methyl sites for hydroxylation is 2. The molecule has 0 saturated heterocycles. The van der Waals surface area contributed by atoms with Crippen molar-refractivity contribution < 1.29 is 18.0 Å². The van der Waals surface area contributed by atoms with E-state index < -0.39 is 21.8 Å². The van der Waals surface area contributed by atoms with Gasteiger partial charge in [-0.2, -0.15) is 0 Å². The van der Waals surface area contributed by atoms with Gasteiger partial charge < -0.3 is 0 Å². The standard InChI is InChI=1S/C20H24ClN3O4S2/c1-24(2)30(27,28)14-9-10-16(21)15(12-14)19(25)22-23-20(26)18-11-13-7-5-3-4-6-8-17(13)29-18/h9-12H,3-8H2,1-2H3,(H,22,25)(H,23,26). The van der Waals surface area contributed by atoms with Crippen LogP contribution in [0.15, 0.2) is 29.2 Å². The number of carbonyl (C=O) groups excluding carboxylic acids is 2. The quantitative estimate of drug-likeness (QED) is 0.671. The first-order valence-corrected chi connectivity index (χ1v) is 12.3. The fraction of sp³-hybridized carbons (Fsp3) is 0.400. The van der Waals surface area contributed by atoms with Crippen LogP contribution in [-0.4, -0.2) is 38.6 Å². The topological polar surface area (TPSA) is 95.6 Å². The van der Waals surface area contributed by atoms with Crippen molar-refractivity contribution in [1.29, 1.82) is 0 Å². The summed E-state index contributed by atoms with van der Waals surface area (Å²) in [5, 5.41) is 0.0820. The summed E-state index contributed by atoms with van der Waals surface area (Å²) in [4.78, 5) is 26.7. The second-order valence-corrected chi connectivity index (χ2v) is 11.0. The molecule has 1 heterocycles. The average Bonchev–Trinajstić information content (AvgIpc) is 3.07. The number of fused-ring (bicyclic) bond motifs is 1. The molecular formula is C20H24ClN3O4S2. The maximum Gasteiger partial charge on any atom is 0.279 e. The number of halogens is 1. The molecule has 10 heteroatoms. The van der Waals surface area contributed by atoms with Gasteiger partial charge in [-0.1, -0.05) is 24.4 Å². The molecule has 0 spiro atoms. The summed E-state index contributed by atoms with van der Waals surface area (Å²) in [6.45, 7) is 0. The van der Waals surface area contributed by atoms with E-state index in [1.807, 2.05) is 6.07 Å². The van der Waals surface area contributed by atoms with Crippen molar-refractivity contribution in [2.75, 3.05) is 14.1 Å². The van der Waals surface area contributed by atoms with Crippen LogP contribution in [0.1, 0.15) is 56.2 Å². The number of hydrazine groups is 1. The molecular weight excluding hydrogens is 446 g/mol. The number of hydrogen-bond donors (Lipinski definition) is 2. The van der Waals surface area contributed by atoms with Crippen molar-refractivity contribution in [2.24, 2.45) is 0 Å². The summed E-state index contributed by atoms with van der Waals surface area (Å²) in [6, 6.07) is 5.75. The predicted molar refractivity (Wildman–Crippen MR) is 117 cm³/mol. The van der Waals surface area contributed by atoms with Crippen molar-refractivity contribution in [1.82, 2.24) is 15.2 Å². The predicted octanol–water partition coefficient (Wildman–Crippen LogP) is 3.39. The van der Waals surface area contributed by atoms with Gasteiger partial charge in [-0.05, 0) is 55.5 Å². The van der Waals surface area contributed by atoms with Crippen molar-refractivity contribution in [3.63, 3.8) is 0 Å². The Kier molecular flexibility index (Phi) is 7.18. The van der Waals surface area contributed by atoms with Crippen LogP contribution in [0.2, 0.25) is 5.02 Å². The van der Waals surface area contributed by atoms with Crippen LogP contribution in [0, 0.1) is 0 Å². The Labute approximate surface area is 185 Å². The molecule has 0 bridgehead atoms. The molecule has 1 aliphatic rings. The number of rotatable bonds is 4. The Morgan fingerprint density at radius 1 is 1.00 bits per heavy atom. The minimum atomic E-state index is -3.72. The average molecular weight is 470 g/mol. The molecule has 0 fully saturated rings. The van der Waals surface area contributed by atoms with Crippen LogP contribution in [0.3, 0.4) is 0 Å². The van der Waals surface area contributed by atoms with E-state index in [9.17, 15) is 18.0 Å². The Morgan fingerprint density at radius 3 is 2.37 bits per heavy atom. The number of sulfonamides is 1. The van der Waals surface area contributed by atoms with Crippen molar-refractivity contribution in [3.8, 4) is 0 Å². The van der Waals surface area contributed by atoms with Crippen LogP contribution in [0.4, 0.5) is 0 Å². The number of amides is 2. The lowest BCUT2D eigenvalue weighted by Gasteiger charge is -2.13. The number of benzene rings is 1. The van der Waals surface area contributed by atoms with Crippen molar-refractivity contribution >= 4 is 44.8 Å². The Balaban J connectivity index is 1.71. The first-order chi connectivity index (χ1) is 14.2. The number of nitrogens with zero attached hydrogens (tertiary/aromatic N) is 1. The summed E-state index contributed by atoms with van der Waals surface area (Å²) < 4.78 is 25.6. The van der Waals surface area contributed by atoms with Gasteiger partial charge >= 0.3 is 0 Å². The largest absolute Gasteiger partial charge is 0.279 e. The highest BCUT2D eigenvalue weighted by Crippen LogP contribution is 2.28. The van der Waals surface area contributed by atoms with Gasteiger partial charge in [0.1, 0.15) is 0 Å². The number of thiophene rings is 1. The number of carbonyl (C=O) groups is 2. The second kappa shape index (κ2) is 9.47. The third kappa shape index (κ3) is 5.03. The molecule has 162 valence electrons. The summed E-state index contributed by atoms with van der Waals surface area (Å²) in [5.41, 5.74) is 5.89. The minimum Gasteiger partial charge on any atom is -0.267 e. The monoisotopic (exact) mass is 469 g/mol. The van der Waals surface area contributed by atoms with E-state index in [-0.39, 0.29) is 15.5 Å². The summed E-state index contributed by atoms with van der Waals surface area (Å²) in [7, 11) is -0.928. The van der Waals surface area contributed by atoms with Crippen LogP contribution in [0.5, 0.6) is 0 Å². The zero-order valence-corrected chi connectivity index (χ0v) is 19.2. The highest BCUT2D eigenvalue weighted by Gasteiger charge is 2.22. The first-order valence-electron chi connectivity index (χ1n) is 9.64. The molecule has 2 amide bonds. The van der Waals surface area contributed by atoms with Crippen LogP contribution < -0.4 is 10.9 Å². The fourth-order valence-corrected chi connectivity index (χ4v) is 5.53. The fourth-order valence-electron chi connectivity index (χ4n) is 3.25. The zero-order chi connectivity index (χ0) is 21.9.